The van der Waals surface area contributed by atoms with Gasteiger partial charge in [-0.15, -0.1) is 6.42 Å². The van der Waals surface area contributed by atoms with Crippen LogP contribution in [0.25, 0.3) is 0 Å². The quantitative estimate of drug-likeness (QED) is 0.572. The Kier molecular flexibility index (Phi) is 5.41. The molecule has 0 unspecified atom stereocenters. The van der Waals surface area contributed by atoms with Gasteiger partial charge in [0.2, 0.25) is 0 Å². The molecule has 4 heteroatoms. The molecule has 0 aliphatic heterocycles. The van der Waals surface area contributed by atoms with Gasteiger partial charge in [0.25, 0.3) is 5.91 Å². The zero-order valence-electron chi connectivity index (χ0n) is 11.2. The second-order valence-electron chi connectivity index (χ2n) is 5.05. The lowest BCUT2D eigenvalue weighted by molar-refractivity contribution is 0.0666. The maximum atomic E-state index is 13.2. The van der Waals surface area contributed by atoms with Crippen LogP contribution in [0.4, 0.5) is 4.39 Å². The minimum absolute atomic E-state index is 0.0840. The van der Waals surface area contributed by atoms with Crippen LogP contribution in [0.1, 0.15) is 42.5 Å². The fourth-order valence-electron chi connectivity index (χ4n) is 2.68. The molecule has 1 amide bonds. The number of amides is 1. The molecule has 2 nitrogen and oxygen atoms in total. The Hall–Kier alpha value is -1.09. The molecule has 1 aromatic rings. The molecule has 0 radical (unpaired) electrons. The Morgan fingerprint density at radius 3 is 2.70 bits per heavy atom. The van der Waals surface area contributed by atoms with Crippen molar-refractivity contribution < 1.29 is 9.18 Å². The summed E-state index contributed by atoms with van der Waals surface area (Å²) in [5.74, 6) is 2.16. The topological polar surface area (TPSA) is 20.3 Å². The molecule has 1 aliphatic rings. The van der Waals surface area contributed by atoms with Gasteiger partial charge in [0.05, 0.1) is 12.1 Å². The summed E-state index contributed by atoms with van der Waals surface area (Å²) in [6.45, 7) is 0.316. The minimum atomic E-state index is -0.327. The van der Waals surface area contributed by atoms with Crippen molar-refractivity contribution in [1.29, 1.82) is 0 Å². The Morgan fingerprint density at radius 1 is 1.40 bits per heavy atom. The highest BCUT2D eigenvalue weighted by Gasteiger charge is 2.26. The third-order valence-electron chi connectivity index (χ3n) is 3.70. The highest BCUT2D eigenvalue weighted by atomic mass is 127. The predicted octanol–water partition coefficient (Wildman–Crippen LogP) is 3.84. The molecule has 0 bridgehead atoms. The summed E-state index contributed by atoms with van der Waals surface area (Å²) in [5, 5.41) is 0. The van der Waals surface area contributed by atoms with E-state index >= 15 is 0 Å². The molecule has 0 spiro atoms. The van der Waals surface area contributed by atoms with Crippen LogP contribution in [0.15, 0.2) is 18.2 Å². The minimum Gasteiger partial charge on any atom is -0.324 e. The van der Waals surface area contributed by atoms with Crippen molar-refractivity contribution in [3.63, 3.8) is 0 Å². The molecule has 20 heavy (non-hydrogen) atoms. The summed E-state index contributed by atoms with van der Waals surface area (Å²) >= 11 is 1.99. The Balaban J connectivity index is 2.24. The summed E-state index contributed by atoms with van der Waals surface area (Å²) in [4.78, 5) is 14.4. The lowest BCUT2D eigenvalue weighted by Gasteiger charge is -2.33. The highest BCUT2D eigenvalue weighted by molar-refractivity contribution is 14.1. The first kappa shape index (κ1) is 15.3. The highest BCUT2D eigenvalue weighted by Crippen LogP contribution is 2.25. The predicted molar refractivity (Wildman–Crippen MR) is 85.9 cm³/mol. The van der Waals surface area contributed by atoms with Crippen molar-refractivity contribution >= 4 is 28.5 Å². The molecule has 0 N–H and O–H groups in total. The number of rotatable bonds is 3. The van der Waals surface area contributed by atoms with Crippen molar-refractivity contribution in [3.8, 4) is 12.3 Å². The standard InChI is InChI=1S/C16H17FINO/c1-2-10-19(13-6-4-3-5-7-13)16(20)14-9-8-12(17)11-15(14)18/h1,8-9,11,13H,3-7,10H2. The van der Waals surface area contributed by atoms with E-state index in [1.54, 1.807) is 11.0 Å². The average molecular weight is 385 g/mol. The van der Waals surface area contributed by atoms with E-state index in [0.29, 0.717) is 15.7 Å². The van der Waals surface area contributed by atoms with Gasteiger partial charge in [-0.25, -0.2) is 4.39 Å². The first-order valence-corrected chi connectivity index (χ1v) is 7.91. The van der Waals surface area contributed by atoms with Crippen LogP contribution in [0, 0.1) is 21.7 Å². The average Bonchev–Trinajstić information content (AvgIpc) is 2.45. The van der Waals surface area contributed by atoms with Crippen LogP contribution in [-0.4, -0.2) is 23.4 Å². The molecule has 1 aliphatic carbocycles. The first-order valence-electron chi connectivity index (χ1n) is 6.83. The summed E-state index contributed by atoms with van der Waals surface area (Å²) in [6, 6.07) is 4.46. The molecule has 1 fully saturated rings. The Bertz CT molecular complexity index is 532. The first-order chi connectivity index (χ1) is 9.63. The van der Waals surface area contributed by atoms with Crippen molar-refractivity contribution in [2.45, 2.75) is 38.1 Å². The van der Waals surface area contributed by atoms with Gasteiger partial charge in [-0.2, -0.15) is 0 Å². The van der Waals surface area contributed by atoms with Crippen LogP contribution >= 0.6 is 22.6 Å². The number of terminal acetylenes is 1. The summed E-state index contributed by atoms with van der Waals surface area (Å²) in [6.07, 6.45) is 10.9. The summed E-state index contributed by atoms with van der Waals surface area (Å²) in [7, 11) is 0. The molecule has 1 saturated carbocycles. The lowest BCUT2D eigenvalue weighted by atomic mass is 9.93. The summed E-state index contributed by atoms with van der Waals surface area (Å²) < 4.78 is 13.8. The van der Waals surface area contributed by atoms with Gasteiger partial charge in [0.15, 0.2) is 0 Å². The van der Waals surface area contributed by atoms with Crippen LogP contribution < -0.4 is 0 Å². The van der Waals surface area contributed by atoms with Crippen LogP contribution in [-0.2, 0) is 0 Å². The molecule has 1 aromatic carbocycles. The fourth-order valence-corrected chi connectivity index (χ4v) is 3.38. The van der Waals surface area contributed by atoms with Gasteiger partial charge in [-0.1, -0.05) is 25.2 Å². The molecule has 0 atom stereocenters. The SMILES string of the molecule is C#CCN(C(=O)c1ccc(F)cc1I)C1CCCCC1. The molecule has 0 aromatic heterocycles. The zero-order valence-corrected chi connectivity index (χ0v) is 13.4. The fraction of sp³-hybridized carbons (Fsp3) is 0.438. The third-order valence-corrected chi connectivity index (χ3v) is 4.59. The van der Waals surface area contributed by atoms with E-state index in [1.165, 1.54) is 18.6 Å². The van der Waals surface area contributed by atoms with Crippen LogP contribution in [0.3, 0.4) is 0 Å². The van der Waals surface area contributed by atoms with E-state index < -0.39 is 0 Å². The number of carbonyl (C=O) groups excluding carboxylic acids is 1. The molecule has 106 valence electrons. The maximum absolute atomic E-state index is 13.2. The second-order valence-corrected chi connectivity index (χ2v) is 6.22. The van der Waals surface area contributed by atoms with Gasteiger partial charge in [0, 0.05) is 9.61 Å². The van der Waals surface area contributed by atoms with E-state index in [4.69, 9.17) is 6.42 Å². The van der Waals surface area contributed by atoms with Crippen LogP contribution in [0.2, 0.25) is 0 Å². The van der Waals surface area contributed by atoms with E-state index in [2.05, 4.69) is 5.92 Å². The van der Waals surface area contributed by atoms with E-state index in [0.717, 1.165) is 25.7 Å². The van der Waals surface area contributed by atoms with Gasteiger partial charge < -0.3 is 4.90 Å². The zero-order chi connectivity index (χ0) is 14.5. The van der Waals surface area contributed by atoms with Gasteiger partial charge in [-0.3, -0.25) is 4.79 Å². The largest absolute Gasteiger partial charge is 0.324 e. The number of nitrogens with zero attached hydrogens (tertiary/aromatic N) is 1. The molecule has 0 heterocycles. The van der Waals surface area contributed by atoms with Crippen LogP contribution in [0.5, 0.6) is 0 Å². The van der Waals surface area contributed by atoms with E-state index in [9.17, 15) is 9.18 Å². The third kappa shape index (κ3) is 3.51. The molecular formula is C16H17FINO. The van der Waals surface area contributed by atoms with Crippen molar-refractivity contribution in [2.24, 2.45) is 0 Å². The van der Waals surface area contributed by atoms with Gasteiger partial charge in [-0.05, 0) is 53.6 Å². The number of halogens is 2. The summed E-state index contributed by atoms with van der Waals surface area (Å²) in [5.41, 5.74) is 0.535. The lowest BCUT2D eigenvalue weighted by Crippen LogP contribution is -2.42. The smallest absolute Gasteiger partial charge is 0.255 e. The molecular weight excluding hydrogens is 368 g/mol. The van der Waals surface area contributed by atoms with Crippen molar-refractivity contribution in [2.75, 3.05) is 6.54 Å². The monoisotopic (exact) mass is 385 g/mol. The molecule has 0 saturated heterocycles. The Labute approximate surface area is 132 Å². The normalized spacial score (nSPS) is 15.7. The number of hydrogen-bond donors (Lipinski definition) is 0. The Morgan fingerprint density at radius 2 is 2.10 bits per heavy atom. The molecule has 2 rings (SSSR count). The van der Waals surface area contributed by atoms with E-state index in [-0.39, 0.29) is 17.8 Å². The van der Waals surface area contributed by atoms with E-state index in [1.807, 2.05) is 22.6 Å². The second kappa shape index (κ2) is 7.07. The van der Waals surface area contributed by atoms with Crippen molar-refractivity contribution in [1.82, 2.24) is 4.90 Å². The maximum Gasteiger partial charge on any atom is 0.255 e. The van der Waals surface area contributed by atoms with Gasteiger partial charge >= 0.3 is 0 Å². The number of benzene rings is 1. The van der Waals surface area contributed by atoms with Crippen molar-refractivity contribution in [3.05, 3.63) is 33.1 Å². The number of carbonyl (C=O) groups is 1. The number of hydrogen-bond acceptors (Lipinski definition) is 1. The van der Waals surface area contributed by atoms with Gasteiger partial charge in [0.1, 0.15) is 5.82 Å².